The van der Waals surface area contributed by atoms with E-state index in [9.17, 15) is 9.59 Å². The third-order valence-electron chi connectivity index (χ3n) is 7.70. The van der Waals surface area contributed by atoms with Crippen LogP contribution in [0.3, 0.4) is 0 Å². The molecule has 3 rings (SSSR count). The summed E-state index contributed by atoms with van der Waals surface area (Å²) in [5.74, 6) is 1.61. The molecule has 1 aromatic heterocycles. The topological polar surface area (TPSA) is 65.8 Å². The zero-order chi connectivity index (χ0) is 22.9. The molecule has 1 aliphatic carbocycles. The highest BCUT2D eigenvalue weighted by atomic mass is 16.3. The van der Waals surface area contributed by atoms with Crippen LogP contribution in [-0.4, -0.2) is 66.8 Å². The van der Waals surface area contributed by atoms with Crippen LogP contribution < -0.4 is 5.32 Å². The molecule has 2 aliphatic rings. The summed E-state index contributed by atoms with van der Waals surface area (Å²) >= 11 is 0. The molecule has 1 amide bonds. The van der Waals surface area contributed by atoms with Crippen molar-refractivity contribution in [2.75, 3.05) is 33.2 Å². The van der Waals surface area contributed by atoms with Crippen LogP contribution in [0.1, 0.15) is 71.0 Å². The number of likely N-dealkylation sites (N-methyl/N-ethyl adjacent to an activating group) is 2. The van der Waals surface area contributed by atoms with E-state index in [2.05, 4.69) is 22.0 Å². The smallest absolute Gasteiger partial charge is 0.226 e. The molecule has 32 heavy (non-hydrogen) atoms. The zero-order valence-electron chi connectivity index (χ0n) is 20.4. The molecular formula is C26H43N3O3. The highest BCUT2D eigenvalue weighted by Gasteiger charge is 2.39. The maximum absolute atomic E-state index is 13.8. The van der Waals surface area contributed by atoms with Gasteiger partial charge in [-0.2, -0.15) is 0 Å². The Bertz CT molecular complexity index is 699. The van der Waals surface area contributed by atoms with Gasteiger partial charge in [0.2, 0.25) is 5.91 Å². The Morgan fingerprint density at radius 3 is 2.66 bits per heavy atom. The van der Waals surface area contributed by atoms with Crippen molar-refractivity contribution in [2.45, 2.75) is 83.7 Å². The van der Waals surface area contributed by atoms with Gasteiger partial charge >= 0.3 is 0 Å². The Morgan fingerprint density at radius 2 is 2.00 bits per heavy atom. The molecular weight excluding hydrogens is 402 g/mol. The van der Waals surface area contributed by atoms with Gasteiger partial charge in [-0.05, 0) is 64.3 Å². The lowest BCUT2D eigenvalue weighted by Crippen LogP contribution is -2.48. The Morgan fingerprint density at radius 1 is 1.22 bits per heavy atom. The van der Waals surface area contributed by atoms with E-state index in [4.69, 9.17) is 4.42 Å². The summed E-state index contributed by atoms with van der Waals surface area (Å²) in [6.07, 6.45) is 10.9. The number of ketones is 1. The fourth-order valence-electron chi connectivity index (χ4n) is 5.47. The van der Waals surface area contributed by atoms with Crippen molar-refractivity contribution >= 4 is 11.7 Å². The number of furan rings is 1. The first-order valence-corrected chi connectivity index (χ1v) is 12.8. The first-order valence-electron chi connectivity index (χ1n) is 12.8. The lowest BCUT2D eigenvalue weighted by Gasteiger charge is -2.36. The third-order valence-corrected chi connectivity index (χ3v) is 7.70. The molecule has 0 spiro atoms. The van der Waals surface area contributed by atoms with Crippen LogP contribution in [0.4, 0.5) is 0 Å². The van der Waals surface area contributed by atoms with Gasteiger partial charge in [0.05, 0.1) is 12.3 Å². The summed E-state index contributed by atoms with van der Waals surface area (Å²) in [7, 11) is 1.82. The number of carbonyl (C=O) groups excluding carboxylic acids is 2. The lowest BCUT2D eigenvalue weighted by molar-refractivity contribution is -0.142. The molecule has 2 fully saturated rings. The van der Waals surface area contributed by atoms with E-state index in [0.29, 0.717) is 12.3 Å². The van der Waals surface area contributed by atoms with E-state index in [1.807, 2.05) is 26.1 Å². The first kappa shape index (κ1) is 25.0. The number of amides is 1. The van der Waals surface area contributed by atoms with Crippen LogP contribution in [0.2, 0.25) is 0 Å². The molecule has 180 valence electrons. The third kappa shape index (κ3) is 6.67. The molecule has 1 N–H and O–H groups in total. The van der Waals surface area contributed by atoms with Crippen LogP contribution in [0.15, 0.2) is 22.8 Å². The van der Waals surface area contributed by atoms with Crippen molar-refractivity contribution < 1.29 is 14.0 Å². The maximum Gasteiger partial charge on any atom is 0.226 e. The van der Waals surface area contributed by atoms with Gasteiger partial charge in [0.1, 0.15) is 11.5 Å². The SMILES string of the molecule is CCN(CCc1ccco1)C[C@@H]1CCCN1C(=O)[C@@H](CC(=O)[C@H](C)NC)C1CCCCC1. The number of rotatable bonds is 12. The fraction of sp³-hybridized carbons (Fsp3) is 0.769. The van der Waals surface area contributed by atoms with E-state index >= 15 is 0 Å². The van der Waals surface area contributed by atoms with Crippen LogP contribution >= 0.6 is 0 Å². The summed E-state index contributed by atoms with van der Waals surface area (Å²) in [4.78, 5) is 31.2. The first-order chi connectivity index (χ1) is 15.5. The van der Waals surface area contributed by atoms with Crippen molar-refractivity contribution in [3.8, 4) is 0 Å². The predicted molar refractivity (Wildman–Crippen MR) is 127 cm³/mol. The molecule has 3 atom stereocenters. The molecule has 0 bridgehead atoms. The second-order valence-electron chi connectivity index (χ2n) is 9.74. The van der Waals surface area contributed by atoms with E-state index in [-0.39, 0.29) is 29.7 Å². The average molecular weight is 446 g/mol. The summed E-state index contributed by atoms with van der Waals surface area (Å²) in [5, 5.41) is 3.06. The summed E-state index contributed by atoms with van der Waals surface area (Å²) in [6, 6.07) is 4.02. The minimum absolute atomic E-state index is 0.155. The highest BCUT2D eigenvalue weighted by Crippen LogP contribution is 2.35. The molecule has 1 saturated heterocycles. The van der Waals surface area contributed by atoms with Crippen molar-refractivity contribution in [1.82, 2.24) is 15.1 Å². The molecule has 0 aromatic carbocycles. The quantitative estimate of drug-likeness (QED) is 0.529. The van der Waals surface area contributed by atoms with Gasteiger partial charge < -0.3 is 19.5 Å². The Balaban J connectivity index is 1.65. The van der Waals surface area contributed by atoms with Crippen LogP contribution in [0.5, 0.6) is 0 Å². The van der Waals surface area contributed by atoms with E-state index in [1.165, 1.54) is 19.3 Å². The molecule has 1 saturated carbocycles. The number of Topliss-reactive ketones (excluding diaryl/α,β-unsaturated/α-hetero) is 1. The molecule has 0 unspecified atom stereocenters. The molecule has 2 heterocycles. The van der Waals surface area contributed by atoms with Crippen molar-refractivity contribution in [3.63, 3.8) is 0 Å². The molecule has 6 nitrogen and oxygen atoms in total. The molecule has 0 radical (unpaired) electrons. The minimum Gasteiger partial charge on any atom is -0.469 e. The second-order valence-corrected chi connectivity index (χ2v) is 9.74. The number of nitrogens with one attached hydrogen (secondary N) is 1. The van der Waals surface area contributed by atoms with Crippen molar-refractivity contribution in [1.29, 1.82) is 0 Å². The van der Waals surface area contributed by atoms with Gasteiger partial charge in [-0.1, -0.05) is 26.2 Å². The largest absolute Gasteiger partial charge is 0.469 e. The van der Waals surface area contributed by atoms with E-state index in [0.717, 1.165) is 64.0 Å². The van der Waals surface area contributed by atoms with Gasteiger partial charge in [0, 0.05) is 44.4 Å². The predicted octanol–water partition coefficient (Wildman–Crippen LogP) is 3.90. The van der Waals surface area contributed by atoms with Gasteiger partial charge in [-0.3, -0.25) is 9.59 Å². The normalized spacial score (nSPS) is 21.8. The summed E-state index contributed by atoms with van der Waals surface area (Å²) < 4.78 is 5.49. The molecule has 1 aromatic rings. The average Bonchev–Trinajstić information content (AvgIpc) is 3.51. The summed E-state index contributed by atoms with van der Waals surface area (Å²) in [6.45, 7) is 7.73. The van der Waals surface area contributed by atoms with Crippen LogP contribution in [0, 0.1) is 11.8 Å². The van der Waals surface area contributed by atoms with Crippen molar-refractivity contribution in [2.24, 2.45) is 11.8 Å². The summed E-state index contributed by atoms with van der Waals surface area (Å²) in [5.41, 5.74) is 0. The molecule has 1 aliphatic heterocycles. The van der Waals surface area contributed by atoms with Gasteiger partial charge in [-0.25, -0.2) is 0 Å². The fourth-order valence-corrected chi connectivity index (χ4v) is 5.47. The van der Waals surface area contributed by atoms with Gasteiger partial charge in [-0.15, -0.1) is 0 Å². The van der Waals surface area contributed by atoms with Gasteiger partial charge in [0.15, 0.2) is 0 Å². The second kappa shape index (κ2) is 12.5. The maximum atomic E-state index is 13.8. The monoisotopic (exact) mass is 445 g/mol. The highest BCUT2D eigenvalue weighted by molar-refractivity contribution is 5.90. The number of hydrogen-bond acceptors (Lipinski definition) is 5. The number of nitrogens with zero attached hydrogens (tertiary/aromatic N) is 2. The standard InChI is InChI=1S/C26H43N3O3/c1-4-28(16-14-23-13-9-17-32-23)19-22-12-8-15-29(22)26(31)24(18-25(30)20(2)27-3)21-10-6-5-7-11-21/h9,13,17,20-22,24,27H,4-8,10-12,14-16,18-19H2,1-3H3/t20-,22-,24-/m0/s1. The lowest BCUT2D eigenvalue weighted by atomic mass is 9.76. The van der Waals surface area contributed by atoms with E-state index in [1.54, 1.807) is 6.26 Å². The minimum atomic E-state index is -0.194. The number of carbonyl (C=O) groups is 2. The Kier molecular flexibility index (Phi) is 9.79. The number of likely N-dealkylation sites (tertiary alicyclic amines) is 1. The molecule has 6 heteroatoms. The van der Waals surface area contributed by atoms with Crippen LogP contribution in [0.25, 0.3) is 0 Å². The zero-order valence-corrected chi connectivity index (χ0v) is 20.4. The van der Waals surface area contributed by atoms with Crippen molar-refractivity contribution in [3.05, 3.63) is 24.2 Å². The van der Waals surface area contributed by atoms with Crippen LogP contribution in [-0.2, 0) is 16.0 Å². The number of hydrogen-bond donors (Lipinski definition) is 1. The Labute approximate surface area is 194 Å². The van der Waals surface area contributed by atoms with E-state index < -0.39 is 0 Å². The van der Waals surface area contributed by atoms with Gasteiger partial charge in [0.25, 0.3) is 0 Å². The Hall–Kier alpha value is -1.66.